The molecule has 1 aromatic rings. The van der Waals surface area contributed by atoms with Crippen LogP contribution in [-0.2, 0) is 0 Å². The van der Waals surface area contributed by atoms with Crippen molar-refractivity contribution in [1.82, 2.24) is 0 Å². The van der Waals surface area contributed by atoms with Crippen LogP contribution in [-0.4, -0.2) is 12.6 Å². The van der Waals surface area contributed by atoms with Crippen molar-refractivity contribution in [1.29, 1.82) is 0 Å². The van der Waals surface area contributed by atoms with Crippen molar-refractivity contribution in [3.63, 3.8) is 0 Å². The van der Waals surface area contributed by atoms with Crippen LogP contribution in [0.2, 0.25) is 0 Å². The number of nitrogens with zero attached hydrogens (tertiary/aromatic N) is 1. The number of nitrogens with two attached hydrogens (primary N) is 1. The Morgan fingerprint density at radius 1 is 1.25 bits per heavy atom. The van der Waals surface area contributed by atoms with Crippen LogP contribution in [0.3, 0.4) is 0 Å². The van der Waals surface area contributed by atoms with Gasteiger partial charge in [-0.15, -0.1) is 0 Å². The molecular weight excluding hydrogens is 312 g/mol. The highest BCUT2D eigenvalue weighted by molar-refractivity contribution is 9.10. The fourth-order valence-electron chi connectivity index (χ4n) is 3.09. The van der Waals surface area contributed by atoms with Crippen molar-refractivity contribution in [2.75, 3.05) is 11.4 Å². The topological polar surface area (TPSA) is 29.3 Å². The van der Waals surface area contributed by atoms with Gasteiger partial charge in [0.15, 0.2) is 0 Å². The molecule has 1 saturated carbocycles. The lowest BCUT2D eigenvalue weighted by atomic mass is 10.1. The van der Waals surface area contributed by atoms with Crippen molar-refractivity contribution in [3.05, 3.63) is 28.2 Å². The number of anilines is 1. The van der Waals surface area contributed by atoms with Gasteiger partial charge in [-0.2, -0.15) is 0 Å². The number of hydrogen-bond donors (Lipinski definition) is 1. The molecule has 2 N–H and O–H groups in total. The summed E-state index contributed by atoms with van der Waals surface area (Å²) >= 11 is 3.76. The van der Waals surface area contributed by atoms with E-state index in [2.05, 4.69) is 52.9 Å². The summed E-state index contributed by atoms with van der Waals surface area (Å²) in [4.78, 5) is 2.60. The number of benzene rings is 1. The maximum atomic E-state index is 5.98. The van der Waals surface area contributed by atoms with Crippen molar-refractivity contribution >= 4 is 21.6 Å². The molecule has 0 aliphatic heterocycles. The summed E-state index contributed by atoms with van der Waals surface area (Å²) in [5.74, 6) is 0.676. The molecule has 1 aliphatic carbocycles. The molecule has 0 heterocycles. The molecule has 20 heavy (non-hydrogen) atoms. The smallest absolute Gasteiger partial charge is 0.0513 e. The largest absolute Gasteiger partial charge is 0.367 e. The molecule has 0 aromatic heterocycles. The van der Waals surface area contributed by atoms with E-state index in [0.29, 0.717) is 12.0 Å². The highest BCUT2D eigenvalue weighted by atomic mass is 79.9. The molecule has 1 aromatic carbocycles. The summed E-state index contributed by atoms with van der Waals surface area (Å²) in [5.41, 5.74) is 8.50. The molecule has 0 bridgehead atoms. The molecule has 2 nitrogen and oxygen atoms in total. The van der Waals surface area contributed by atoms with E-state index in [0.717, 1.165) is 6.54 Å². The summed E-state index contributed by atoms with van der Waals surface area (Å²) in [6.45, 7) is 7.75. The average Bonchev–Trinajstić information content (AvgIpc) is 2.89. The lowest BCUT2D eigenvalue weighted by molar-refractivity contribution is 0.535. The van der Waals surface area contributed by atoms with E-state index in [-0.39, 0.29) is 6.04 Å². The van der Waals surface area contributed by atoms with E-state index < -0.39 is 0 Å². The predicted molar refractivity (Wildman–Crippen MR) is 91.2 cm³/mol. The molecule has 0 spiro atoms. The molecule has 1 fully saturated rings. The third kappa shape index (κ3) is 3.76. The normalized spacial score (nSPS) is 17.7. The van der Waals surface area contributed by atoms with Gasteiger partial charge in [0.2, 0.25) is 0 Å². The van der Waals surface area contributed by atoms with Gasteiger partial charge in [0, 0.05) is 23.1 Å². The zero-order valence-corrected chi connectivity index (χ0v) is 14.5. The second-order valence-corrected chi connectivity index (χ2v) is 7.34. The van der Waals surface area contributed by atoms with Crippen LogP contribution in [0, 0.1) is 5.92 Å². The van der Waals surface area contributed by atoms with Crippen molar-refractivity contribution in [3.8, 4) is 0 Å². The Hall–Kier alpha value is -0.540. The lowest BCUT2D eigenvalue weighted by Gasteiger charge is -2.34. The number of rotatable bonds is 5. The summed E-state index contributed by atoms with van der Waals surface area (Å²) in [6, 6.07) is 7.39. The van der Waals surface area contributed by atoms with Gasteiger partial charge in [0.05, 0.1) is 5.69 Å². The molecule has 112 valence electrons. The maximum Gasteiger partial charge on any atom is 0.0513 e. The van der Waals surface area contributed by atoms with Crippen LogP contribution in [0.25, 0.3) is 0 Å². The van der Waals surface area contributed by atoms with Gasteiger partial charge < -0.3 is 10.6 Å². The highest BCUT2D eigenvalue weighted by Gasteiger charge is 2.24. The SMILES string of the molecule is CC(C)CN(c1ccc(C(C)N)cc1Br)C1CCCC1. The minimum atomic E-state index is 0.0883. The molecule has 1 atom stereocenters. The fourth-order valence-corrected chi connectivity index (χ4v) is 3.72. The van der Waals surface area contributed by atoms with E-state index in [4.69, 9.17) is 5.73 Å². The average molecular weight is 339 g/mol. The Morgan fingerprint density at radius 2 is 1.90 bits per heavy atom. The summed E-state index contributed by atoms with van der Waals surface area (Å²) in [5, 5.41) is 0. The third-order valence-corrected chi connectivity index (χ3v) is 4.77. The first kappa shape index (κ1) is 15.8. The first-order chi connectivity index (χ1) is 9.49. The molecule has 0 saturated heterocycles. The van der Waals surface area contributed by atoms with Gasteiger partial charge in [0.1, 0.15) is 0 Å². The monoisotopic (exact) mass is 338 g/mol. The molecular formula is C17H27BrN2. The zero-order valence-electron chi connectivity index (χ0n) is 12.9. The standard InChI is InChI=1S/C17H27BrN2/c1-12(2)11-20(15-6-4-5-7-15)17-9-8-14(13(3)19)10-16(17)18/h8-10,12-13,15H,4-7,11,19H2,1-3H3. The van der Waals surface area contributed by atoms with Crippen LogP contribution in [0.5, 0.6) is 0 Å². The van der Waals surface area contributed by atoms with Crippen LogP contribution < -0.4 is 10.6 Å². The maximum absolute atomic E-state index is 5.98. The van der Waals surface area contributed by atoms with E-state index >= 15 is 0 Å². The van der Waals surface area contributed by atoms with Crippen LogP contribution in [0.15, 0.2) is 22.7 Å². The van der Waals surface area contributed by atoms with E-state index in [1.165, 1.54) is 41.4 Å². The second kappa shape index (κ2) is 6.95. The van der Waals surface area contributed by atoms with E-state index in [1.807, 2.05) is 6.92 Å². The Labute approximate surface area is 131 Å². The van der Waals surface area contributed by atoms with Gasteiger partial charge in [-0.1, -0.05) is 32.8 Å². The molecule has 1 aliphatic rings. The molecule has 0 amide bonds. The first-order valence-electron chi connectivity index (χ1n) is 7.80. The predicted octanol–water partition coefficient (Wildman–Crippen LogP) is 4.87. The van der Waals surface area contributed by atoms with Crippen LogP contribution in [0.1, 0.15) is 58.1 Å². The number of halogens is 1. The molecule has 2 rings (SSSR count). The fraction of sp³-hybridized carbons (Fsp3) is 0.647. The summed E-state index contributed by atoms with van der Waals surface area (Å²) < 4.78 is 1.18. The molecule has 0 radical (unpaired) electrons. The highest BCUT2D eigenvalue weighted by Crippen LogP contribution is 2.35. The molecule has 3 heteroatoms. The molecule has 1 unspecified atom stereocenters. The van der Waals surface area contributed by atoms with Crippen molar-refractivity contribution in [2.45, 2.75) is 58.5 Å². The third-order valence-electron chi connectivity index (χ3n) is 4.13. The lowest BCUT2D eigenvalue weighted by Crippen LogP contribution is -2.36. The Bertz CT molecular complexity index is 437. The minimum absolute atomic E-state index is 0.0883. The Morgan fingerprint density at radius 3 is 2.40 bits per heavy atom. The number of hydrogen-bond acceptors (Lipinski definition) is 2. The Kier molecular flexibility index (Phi) is 5.50. The van der Waals surface area contributed by atoms with Gasteiger partial charge in [-0.05, 0) is 59.3 Å². The van der Waals surface area contributed by atoms with Crippen molar-refractivity contribution in [2.24, 2.45) is 11.7 Å². The second-order valence-electron chi connectivity index (χ2n) is 6.48. The van der Waals surface area contributed by atoms with Gasteiger partial charge in [0.25, 0.3) is 0 Å². The summed E-state index contributed by atoms with van der Waals surface area (Å²) in [7, 11) is 0. The quantitative estimate of drug-likeness (QED) is 0.829. The van der Waals surface area contributed by atoms with Gasteiger partial charge >= 0.3 is 0 Å². The Balaban J connectivity index is 2.27. The summed E-state index contributed by atoms with van der Waals surface area (Å²) in [6.07, 6.45) is 5.39. The van der Waals surface area contributed by atoms with Crippen LogP contribution >= 0.6 is 15.9 Å². The zero-order chi connectivity index (χ0) is 14.7. The van der Waals surface area contributed by atoms with E-state index in [1.54, 1.807) is 0 Å². The minimum Gasteiger partial charge on any atom is -0.367 e. The van der Waals surface area contributed by atoms with Gasteiger partial charge in [-0.3, -0.25) is 0 Å². The van der Waals surface area contributed by atoms with Crippen molar-refractivity contribution < 1.29 is 0 Å². The van der Waals surface area contributed by atoms with E-state index in [9.17, 15) is 0 Å². The van der Waals surface area contributed by atoms with Crippen LogP contribution in [0.4, 0.5) is 5.69 Å². The van der Waals surface area contributed by atoms with Gasteiger partial charge in [-0.25, -0.2) is 0 Å². The first-order valence-corrected chi connectivity index (χ1v) is 8.60.